The molecule has 0 radical (unpaired) electrons. The van der Waals surface area contributed by atoms with Crippen LogP contribution in [0.4, 0.5) is 4.39 Å². The van der Waals surface area contributed by atoms with Gasteiger partial charge in [-0.15, -0.1) is 0 Å². The highest BCUT2D eigenvalue weighted by Crippen LogP contribution is 2.32. The van der Waals surface area contributed by atoms with E-state index in [1.165, 1.54) is 38.9 Å². The highest BCUT2D eigenvalue weighted by atomic mass is 19.1. The third kappa shape index (κ3) is 3.55. The van der Waals surface area contributed by atoms with Crippen LogP contribution in [-0.4, -0.2) is 30.6 Å². The van der Waals surface area contributed by atoms with Crippen LogP contribution in [0, 0.1) is 5.82 Å². The zero-order valence-corrected chi connectivity index (χ0v) is 13.4. The fourth-order valence-corrected chi connectivity index (χ4v) is 3.13. The summed E-state index contributed by atoms with van der Waals surface area (Å²) in [5.74, 6) is -0.0874. The van der Waals surface area contributed by atoms with Gasteiger partial charge < -0.3 is 10.5 Å². The summed E-state index contributed by atoms with van der Waals surface area (Å²) in [5, 5.41) is 0. The lowest BCUT2D eigenvalue weighted by atomic mass is 9.87. The predicted octanol–water partition coefficient (Wildman–Crippen LogP) is 3.49. The molecule has 1 atom stereocenters. The number of hydrogen-bond donors (Lipinski definition) is 1. The Bertz CT molecular complexity index is 468. The van der Waals surface area contributed by atoms with Crippen LogP contribution < -0.4 is 10.5 Å². The van der Waals surface area contributed by atoms with Crippen LogP contribution in [0.1, 0.15) is 51.1 Å². The summed E-state index contributed by atoms with van der Waals surface area (Å²) in [6, 6.07) is 4.80. The largest absolute Gasteiger partial charge is 0.494 e. The Kier molecular flexibility index (Phi) is 5.22. The van der Waals surface area contributed by atoms with Crippen molar-refractivity contribution >= 4 is 0 Å². The Balaban J connectivity index is 2.19. The second-order valence-electron chi connectivity index (χ2n) is 6.43. The molecule has 0 amide bonds. The van der Waals surface area contributed by atoms with E-state index >= 15 is 0 Å². The first-order chi connectivity index (χ1) is 9.96. The van der Waals surface area contributed by atoms with Crippen LogP contribution in [0.3, 0.4) is 0 Å². The molecule has 1 aliphatic heterocycles. The number of nitrogens with zero attached hydrogens (tertiary/aromatic N) is 1. The van der Waals surface area contributed by atoms with Crippen molar-refractivity contribution in [3.63, 3.8) is 0 Å². The fraction of sp³-hybridized carbons (Fsp3) is 0.647. The minimum absolute atomic E-state index is 0.189. The van der Waals surface area contributed by atoms with Gasteiger partial charge in [-0.1, -0.05) is 18.9 Å². The van der Waals surface area contributed by atoms with Gasteiger partial charge in [0.2, 0.25) is 0 Å². The smallest absolute Gasteiger partial charge is 0.165 e. The molecule has 0 aliphatic carbocycles. The van der Waals surface area contributed by atoms with Crippen LogP contribution in [0.2, 0.25) is 0 Å². The van der Waals surface area contributed by atoms with Crippen molar-refractivity contribution in [3.05, 3.63) is 29.6 Å². The minimum atomic E-state index is -0.350. The molecule has 3 nitrogen and oxygen atoms in total. The van der Waals surface area contributed by atoms with Crippen molar-refractivity contribution in [2.45, 2.75) is 51.1 Å². The van der Waals surface area contributed by atoms with Crippen LogP contribution in [-0.2, 0) is 0 Å². The second-order valence-corrected chi connectivity index (χ2v) is 6.43. The van der Waals surface area contributed by atoms with Gasteiger partial charge in [-0.2, -0.15) is 0 Å². The van der Waals surface area contributed by atoms with E-state index in [0.29, 0.717) is 0 Å². The summed E-state index contributed by atoms with van der Waals surface area (Å²) in [6.07, 6.45) is 5.01. The van der Waals surface area contributed by atoms with Gasteiger partial charge in [0.25, 0.3) is 0 Å². The van der Waals surface area contributed by atoms with Crippen molar-refractivity contribution in [2.75, 3.05) is 20.2 Å². The predicted molar refractivity (Wildman–Crippen MR) is 84.0 cm³/mol. The molecule has 1 aliphatic rings. The van der Waals surface area contributed by atoms with Crippen molar-refractivity contribution < 1.29 is 9.13 Å². The summed E-state index contributed by atoms with van der Waals surface area (Å²) < 4.78 is 18.9. The molecular weight excluding hydrogens is 267 g/mol. The van der Waals surface area contributed by atoms with Crippen LogP contribution in [0.15, 0.2) is 18.2 Å². The zero-order valence-electron chi connectivity index (χ0n) is 13.4. The van der Waals surface area contributed by atoms with E-state index in [2.05, 4.69) is 18.7 Å². The van der Waals surface area contributed by atoms with Gasteiger partial charge in [-0.25, -0.2) is 4.39 Å². The van der Waals surface area contributed by atoms with Crippen molar-refractivity contribution in [2.24, 2.45) is 5.73 Å². The number of rotatable bonds is 4. The van der Waals surface area contributed by atoms with Gasteiger partial charge >= 0.3 is 0 Å². The number of hydrogen-bond acceptors (Lipinski definition) is 3. The maximum Gasteiger partial charge on any atom is 0.165 e. The first-order valence-electron chi connectivity index (χ1n) is 7.81. The quantitative estimate of drug-likeness (QED) is 0.924. The first-order valence-corrected chi connectivity index (χ1v) is 7.81. The Hall–Kier alpha value is -1.13. The Labute approximate surface area is 127 Å². The third-order valence-electron chi connectivity index (χ3n) is 4.72. The second kappa shape index (κ2) is 6.75. The molecule has 1 aromatic carbocycles. The topological polar surface area (TPSA) is 38.5 Å². The average Bonchev–Trinajstić information content (AvgIpc) is 2.75. The lowest BCUT2D eigenvalue weighted by Crippen LogP contribution is -2.51. The fourth-order valence-electron chi connectivity index (χ4n) is 3.13. The number of methoxy groups -OCH3 is 1. The first kappa shape index (κ1) is 16.2. The van der Waals surface area contributed by atoms with Crippen molar-refractivity contribution in [1.29, 1.82) is 0 Å². The van der Waals surface area contributed by atoms with E-state index in [-0.39, 0.29) is 23.1 Å². The maximum atomic E-state index is 13.9. The molecule has 118 valence electrons. The standard InChI is InChI=1S/C17H27FN2O/c1-17(2,20-10-6-4-5-7-11-20)16(19)13-8-9-15(21-3)14(18)12-13/h8-9,12,16H,4-7,10-11,19H2,1-3H3. The lowest BCUT2D eigenvalue weighted by Gasteiger charge is -2.42. The van der Waals surface area contributed by atoms with Crippen molar-refractivity contribution in [3.8, 4) is 5.75 Å². The molecule has 21 heavy (non-hydrogen) atoms. The third-order valence-corrected chi connectivity index (χ3v) is 4.72. The van der Waals surface area contributed by atoms with Crippen LogP contribution >= 0.6 is 0 Å². The molecule has 4 heteroatoms. The van der Waals surface area contributed by atoms with E-state index in [4.69, 9.17) is 10.5 Å². The summed E-state index contributed by atoms with van der Waals surface area (Å²) in [6.45, 7) is 6.45. The molecule has 1 saturated heterocycles. The molecular formula is C17H27FN2O. The molecule has 1 heterocycles. The van der Waals surface area contributed by atoms with Gasteiger partial charge in [0.1, 0.15) is 0 Å². The SMILES string of the molecule is COc1ccc(C(N)C(C)(C)N2CCCCCC2)cc1F. The number of halogens is 1. The molecule has 0 bridgehead atoms. The molecule has 1 fully saturated rings. The summed E-state index contributed by atoms with van der Waals surface area (Å²) >= 11 is 0. The summed E-state index contributed by atoms with van der Waals surface area (Å²) in [5.41, 5.74) is 7.10. The molecule has 1 unspecified atom stereocenters. The van der Waals surface area contributed by atoms with Crippen LogP contribution in [0.25, 0.3) is 0 Å². The van der Waals surface area contributed by atoms with Gasteiger partial charge in [-0.05, 0) is 57.5 Å². The average molecular weight is 294 g/mol. The summed E-state index contributed by atoms with van der Waals surface area (Å²) in [4.78, 5) is 2.45. The lowest BCUT2D eigenvalue weighted by molar-refractivity contribution is 0.0979. The van der Waals surface area contributed by atoms with Gasteiger partial charge in [-0.3, -0.25) is 4.90 Å². The highest BCUT2D eigenvalue weighted by Gasteiger charge is 2.34. The minimum Gasteiger partial charge on any atom is -0.494 e. The van der Waals surface area contributed by atoms with E-state index in [1.54, 1.807) is 6.07 Å². The van der Waals surface area contributed by atoms with Gasteiger partial charge in [0, 0.05) is 11.6 Å². The number of ether oxygens (including phenoxy) is 1. The molecule has 0 saturated carbocycles. The highest BCUT2D eigenvalue weighted by molar-refractivity contribution is 5.32. The molecule has 1 aromatic rings. The van der Waals surface area contributed by atoms with Gasteiger partial charge in [0.15, 0.2) is 11.6 Å². The Morgan fingerprint density at radius 2 is 1.81 bits per heavy atom. The van der Waals surface area contributed by atoms with Crippen LogP contribution in [0.5, 0.6) is 5.75 Å². The zero-order chi connectivity index (χ0) is 15.5. The van der Waals surface area contributed by atoms with E-state index in [1.807, 2.05) is 6.07 Å². The monoisotopic (exact) mass is 294 g/mol. The van der Waals surface area contributed by atoms with Crippen molar-refractivity contribution in [1.82, 2.24) is 4.90 Å². The molecule has 2 rings (SSSR count). The summed E-state index contributed by atoms with van der Waals surface area (Å²) in [7, 11) is 1.47. The molecule has 2 N–H and O–H groups in total. The van der Waals surface area contributed by atoms with E-state index in [9.17, 15) is 4.39 Å². The number of nitrogens with two attached hydrogens (primary N) is 1. The Morgan fingerprint density at radius 3 is 2.33 bits per heavy atom. The molecule has 0 spiro atoms. The number of likely N-dealkylation sites (tertiary alicyclic amines) is 1. The molecule has 0 aromatic heterocycles. The van der Waals surface area contributed by atoms with E-state index in [0.717, 1.165) is 18.7 Å². The maximum absolute atomic E-state index is 13.9. The number of benzene rings is 1. The normalized spacial score (nSPS) is 19.1. The van der Waals surface area contributed by atoms with Gasteiger partial charge in [0.05, 0.1) is 7.11 Å². The Morgan fingerprint density at radius 1 is 1.19 bits per heavy atom. The van der Waals surface area contributed by atoms with E-state index < -0.39 is 0 Å².